The molecule has 0 spiro atoms. The largest absolute Gasteiger partial charge is 0.393 e. The predicted molar refractivity (Wildman–Crippen MR) is 72.6 cm³/mol. The van der Waals surface area contributed by atoms with Gasteiger partial charge < -0.3 is 5.11 Å². The summed E-state index contributed by atoms with van der Waals surface area (Å²) in [6.07, 6.45) is -0.168. The van der Waals surface area contributed by atoms with Gasteiger partial charge in [-0.05, 0) is 32.4 Å². The normalized spacial score (nSPS) is 13.5. The Morgan fingerprint density at radius 3 is 2.26 bits per heavy atom. The molecule has 0 fully saturated rings. The van der Waals surface area contributed by atoms with E-state index in [4.69, 9.17) is 0 Å². The first-order valence-corrected chi connectivity index (χ1v) is 7.44. The van der Waals surface area contributed by atoms with Crippen molar-refractivity contribution < 1.29 is 18.3 Å². The molecule has 0 saturated heterocycles. The zero-order chi connectivity index (χ0) is 14.6. The average molecular weight is 285 g/mol. The molecule has 1 aromatic carbocycles. The molecule has 5 nitrogen and oxygen atoms in total. The highest BCUT2D eigenvalue weighted by molar-refractivity contribution is 7.89. The molecule has 0 bridgehead atoms. The van der Waals surface area contributed by atoms with Crippen LogP contribution in [-0.4, -0.2) is 43.3 Å². The number of nitrogens with zero attached hydrogens (tertiary/aromatic N) is 1. The van der Waals surface area contributed by atoms with Gasteiger partial charge in [0.1, 0.15) is 0 Å². The third kappa shape index (κ3) is 4.12. The molecule has 0 heterocycles. The number of hydrogen-bond acceptors (Lipinski definition) is 4. The van der Waals surface area contributed by atoms with E-state index in [1.807, 2.05) is 0 Å². The number of ketones is 1. The highest BCUT2D eigenvalue weighted by Crippen LogP contribution is 2.16. The van der Waals surface area contributed by atoms with Crippen LogP contribution in [0.5, 0.6) is 0 Å². The number of sulfonamides is 1. The van der Waals surface area contributed by atoms with Gasteiger partial charge in [0.2, 0.25) is 10.0 Å². The van der Waals surface area contributed by atoms with E-state index in [1.165, 1.54) is 42.5 Å². The maximum atomic E-state index is 12.2. The summed E-state index contributed by atoms with van der Waals surface area (Å²) in [5.41, 5.74) is 0.477. The highest BCUT2D eigenvalue weighted by atomic mass is 32.2. The molecule has 0 radical (unpaired) electrons. The van der Waals surface area contributed by atoms with Gasteiger partial charge >= 0.3 is 0 Å². The van der Waals surface area contributed by atoms with Crippen LogP contribution < -0.4 is 0 Å². The third-order valence-electron chi connectivity index (χ3n) is 2.83. The van der Waals surface area contributed by atoms with Crippen molar-refractivity contribution in [2.75, 3.05) is 13.6 Å². The van der Waals surface area contributed by atoms with Crippen molar-refractivity contribution in [3.63, 3.8) is 0 Å². The molecule has 0 amide bonds. The molecular weight excluding hydrogens is 266 g/mol. The zero-order valence-corrected chi connectivity index (χ0v) is 12.1. The van der Waals surface area contributed by atoms with E-state index in [9.17, 15) is 18.3 Å². The summed E-state index contributed by atoms with van der Waals surface area (Å²) < 4.78 is 25.6. The topological polar surface area (TPSA) is 74.7 Å². The Kier molecular flexibility index (Phi) is 5.22. The van der Waals surface area contributed by atoms with Gasteiger partial charge in [-0.1, -0.05) is 12.1 Å². The second-order valence-corrected chi connectivity index (χ2v) is 6.59. The summed E-state index contributed by atoms with van der Waals surface area (Å²) in [5, 5.41) is 9.18. The molecule has 0 aliphatic heterocycles. The van der Waals surface area contributed by atoms with Gasteiger partial charge in [0.15, 0.2) is 5.78 Å². The van der Waals surface area contributed by atoms with Crippen LogP contribution in [-0.2, 0) is 10.0 Å². The van der Waals surface area contributed by atoms with Crippen molar-refractivity contribution in [3.8, 4) is 0 Å². The standard InChI is InChI=1S/C13H19NO4S/c1-10(15)8-9-14(3)19(17,18)13-6-4-12(5-7-13)11(2)16/h4-7,10,15H,8-9H2,1-3H3. The molecule has 6 heteroatoms. The first kappa shape index (κ1) is 15.8. The minimum Gasteiger partial charge on any atom is -0.393 e. The number of aliphatic hydroxyl groups excluding tert-OH is 1. The van der Waals surface area contributed by atoms with Crippen LogP contribution >= 0.6 is 0 Å². The van der Waals surface area contributed by atoms with Gasteiger partial charge in [-0.15, -0.1) is 0 Å². The molecule has 1 rings (SSSR count). The first-order valence-electron chi connectivity index (χ1n) is 6.00. The van der Waals surface area contributed by atoms with Crippen LogP contribution in [0.3, 0.4) is 0 Å². The lowest BCUT2D eigenvalue weighted by Gasteiger charge is -2.18. The molecule has 19 heavy (non-hydrogen) atoms. The Balaban J connectivity index is 2.90. The van der Waals surface area contributed by atoms with Crippen LogP contribution in [0.1, 0.15) is 30.6 Å². The Bertz CT molecular complexity index is 534. The second-order valence-electron chi connectivity index (χ2n) is 4.54. The van der Waals surface area contributed by atoms with E-state index >= 15 is 0 Å². The Hall–Kier alpha value is -1.24. The monoisotopic (exact) mass is 285 g/mol. The van der Waals surface area contributed by atoms with Gasteiger partial charge in [-0.3, -0.25) is 4.79 Å². The third-order valence-corrected chi connectivity index (χ3v) is 4.70. The molecule has 1 atom stereocenters. The van der Waals surface area contributed by atoms with Crippen molar-refractivity contribution in [2.45, 2.75) is 31.3 Å². The Morgan fingerprint density at radius 1 is 1.32 bits per heavy atom. The van der Waals surface area contributed by atoms with Gasteiger partial charge in [0, 0.05) is 19.2 Å². The molecule has 0 aliphatic rings. The number of benzene rings is 1. The molecule has 106 valence electrons. The minimum atomic E-state index is -3.57. The van der Waals surface area contributed by atoms with Crippen molar-refractivity contribution in [3.05, 3.63) is 29.8 Å². The summed E-state index contributed by atoms with van der Waals surface area (Å²) in [5.74, 6) is -0.105. The molecule has 1 aromatic rings. The molecule has 0 aliphatic carbocycles. The smallest absolute Gasteiger partial charge is 0.242 e. The fraction of sp³-hybridized carbons (Fsp3) is 0.462. The van der Waals surface area contributed by atoms with E-state index in [0.29, 0.717) is 12.0 Å². The summed E-state index contributed by atoms with van der Waals surface area (Å²) in [6, 6.07) is 5.84. The molecule has 1 N–H and O–H groups in total. The summed E-state index contributed by atoms with van der Waals surface area (Å²) in [4.78, 5) is 11.3. The van der Waals surface area contributed by atoms with E-state index in [-0.39, 0.29) is 17.2 Å². The number of aliphatic hydroxyl groups is 1. The van der Waals surface area contributed by atoms with Crippen LogP contribution in [0.4, 0.5) is 0 Å². The number of carbonyl (C=O) groups is 1. The molecule has 0 saturated carbocycles. The Labute approximate surface area is 113 Å². The summed E-state index contributed by atoms with van der Waals surface area (Å²) >= 11 is 0. The maximum Gasteiger partial charge on any atom is 0.242 e. The fourth-order valence-electron chi connectivity index (χ4n) is 1.53. The van der Waals surface area contributed by atoms with E-state index in [1.54, 1.807) is 6.92 Å². The Morgan fingerprint density at radius 2 is 1.84 bits per heavy atom. The van der Waals surface area contributed by atoms with Crippen molar-refractivity contribution >= 4 is 15.8 Å². The number of Topliss-reactive ketones (excluding diaryl/α,β-unsaturated/α-hetero) is 1. The average Bonchev–Trinajstić information content (AvgIpc) is 2.35. The van der Waals surface area contributed by atoms with Gasteiger partial charge in [0.25, 0.3) is 0 Å². The van der Waals surface area contributed by atoms with Gasteiger partial charge in [-0.25, -0.2) is 12.7 Å². The number of carbonyl (C=O) groups excluding carboxylic acids is 1. The van der Waals surface area contributed by atoms with Crippen molar-refractivity contribution in [1.29, 1.82) is 0 Å². The van der Waals surface area contributed by atoms with E-state index < -0.39 is 16.1 Å². The zero-order valence-electron chi connectivity index (χ0n) is 11.3. The number of rotatable bonds is 6. The molecular formula is C13H19NO4S. The van der Waals surface area contributed by atoms with Gasteiger partial charge in [-0.2, -0.15) is 0 Å². The number of hydrogen-bond donors (Lipinski definition) is 1. The summed E-state index contributed by atoms with van der Waals surface area (Å²) in [6.45, 7) is 3.29. The van der Waals surface area contributed by atoms with Crippen LogP contribution in [0.2, 0.25) is 0 Å². The minimum absolute atomic E-state index is 0.105. The fourth-order valence-corrected chi connectivity index (χ4v) is 2.72. The van der Waals surface area contributed by atoms with Crippen molar-refractivity contribution in [2.24, 2.45) is 0 Å². The lowest BCUT2D eigenvalue weighted by molar-refractivity contribution is 0.101. The predicted octanol–water partition coefficient (Wildman–Crippen LogP) is 1.28. The van der Waals surface area contributed by atoms with Crippen LogP contribution in [0.15, 0.2) is 29.2 Å². The lowest BCUT2D eigenvalue weighted by atomic mass is 10.2. The highest BCUT2D eigenvalue weighted by Gasteiger charge is 2.20. The van der Waals surface area contributed by atoms with E-state index in [2.05, 4.69) is 0 Å². The first-order chi connectivity index (χ1) is 8.75. The van der Waals surface area contributed by atoms with Crippen LogP contribution in [0.25, 0.3) is 0 Å². The molecule has 1 unspecified atom stereocenters. The SMILES string of the molecule is CC(=O)c1ccc(S(=O)(=O)N(C)CCC(C)O)cc1. The van der Waals surface area contributed by atoms with Gasteiger partial charge in [0.05, 0.1) is 11.0 Å². The van der Waals surface area contributed by atoms with Crippen molar-refractivity contribution in [1.82, 2.24) is 4.31 Å². The van der Waals surface area contributed by atoms with Crippen LogP contribution in [0, 0.1) is 0 Å². The lowest BCUT2D eigenvalue weighted by Crippen LogP contribution is -2.29. The second kappa shape index (κ2) is 6.27. The quantitative estimate of drug-likeness (QED) is 0.799. The molecule has 0 aromatic heterocycles. The summed E-state index contributed by atoms with van der Waals surface area (Å²) in [7, 11) is -2.10. The van der Waals surface area contributed by atoms with E-state index in [0.717, 1.165) is 0 Å². The maximum absolute atomic E-state index is 12.2.